The van der Waals surface area contributed by atoms with Crippen LogP contribution in [0.4, 0.5) is 0 Å². The highest BCUT2D eigenvalue weighted by Gasteiger charge is 2.13. The van der Waals surface area contributed by atoms with Gasteiger partial charge in [0.15, 0.2) is 5.76 Å². The van der Waals surface area contributed by atoms with Crippen LogP contribution < -0.4 is 10.2 Å². The van der Waals surface area contributed by atoms with Crippen molar-refractivity contribution in [2.75, 3.05) is 7.11 Å². The summed E-state index contributed by atoms with van der Waals surface area (Å²) in [5.74, 6) is 0.616. The molecule has 0 bridgehead atoms. The zero-order chi connectivity index (χ0) is 18.5. The predicted molar refractivity (Wildman–Crippen MR) is 115 cm³/mol. The van der Waals surface area contributed by atoms with Crippen LogP contribution in [-0.2, 0) is 0 Å². The molecular weight excluding hydrogens is 511 g/mol. The Morgan fingerprint density at radius 1 is 1.27 bits per heavy atom. The van der Waals surface area contributed by atoms with Crippen LogP contribution in [0.5, 0.6) is 5.75 Å². The zero-order valence-corrected chi connectivity index (χ0v) is 17.4. The lowest BCUT2D eigenvalue weighted by Gasteiger charge is -1.98. The third kappa shape index (κ3) is 4.53. The van der Waals surface area contributed by atoms with Gasteiger partial charge in [-0.15, -0.1) is 0 Å². The molecule has 0 aliphatic carbocycles. The molecule has 7 heteroatoms. The number of carbonyl (C=O) groups is 1. The Labute approximate surface area is 172 Å². The molecule has 0 aliphatic rings. The molecule has 0 radical (unpaired) electrons. The standard InChI is InChI=1S/C19H14BrIN2O3/c1-25-15-6-4-12(5-7-15)3-2-8-22-23-19(24)17-10-13-9-14(20)11-16(21)18(13)26-17/h2-11H,1H3,(H,23,24)/b3-2+,22-8-. The lowest BCUT2D eigenvalue weighted by atomic mass is 10.2. The van der Waals surface area contributed by atoms with E-state index < -0.39 is 5.91 Å². The van der Waals surface area contributed by atoms with E-state index in [0.29, 0.717) is 5.58 Å². The molecule has 2 aromatic carbocycles. The van der Waals surface area contributed by atoms with Crippen LogP contribution in [-0.4, -0.2) is 19.2 Å². The molecule has 26 heavy (non-hydrogen) atoms. The monoisotopic (exact) mass is 524 g/mol. The molecule has 0 atom stereocenters. The molecular formula is C19H14BrIN2O3. The fourth-order valence-corrected chi connectivity index (χ4v) is 3.91. The topological polar surface area (TPSA) is 63.8 Å². The average Bonchev–Trinajstić information content (AvgIpc) is 3.06. The maximum absolute atomic E-state index is 12.1. The lowest BCUT2D eigenvalue weighted by Crippen LogP contribution is -2.16. The molecule has 0 aliphatic heterocycles. The number of fused-ring (bicyclic) bond motifs is 1. The van der Waals surface area contributed by atoms with Crippen molar-refractivity contribution in [3.8, 4) is 5.75 Å². The van der Waals surface area contributed by atoms with Gasteiger partial charge in [0.05, 0.1) is 10.7 Å². The minimum Gasteiger partial charge on any atom is -0.497 e. The Balaban J connectivity index is 1.62. The van der Waals surface area contributed by atoms with Crippen molar-refractivity contribution in [3.05, 3.63) is 67.9 Å². The highest BCUT2D eigenvalue weighted by Crippen LogP contribution is 2.28. The number of hydrazone groups is 1. The number of methoxy groups -OCH3 is 1. The van der Waals surface area contributed by atoms with Crippen molar-refractivity contribution in [2.45, 2.75) is 0 Å². The van der Waals surface area contributed by atoms with E-state index in [1.807, 2.05) is 42.5 Å². The molecule has 3 aromatic rings. The molecule has 5 nitrogen and oxygen atoms in total. The van der Waals surface area contributed by atoms with Crippen LogP contribution >= 0.6 is 38.5 Å². The first-order valence-corrected chi connectivity index (χ1v) is 9.47. The van der Waals surface area contributed by atoms with Crippen molar-refractivity contribution in [1.82, 2.24) is 5.43 Å². The Hall–Kier alpha value is -2.13. The van der Waals surface area contributed by atoms with Gasteiger partial charge >= 0.3 is 5.91 Å². The van der Waals surface area contributed by atoms with Crippen LogP contribution in [0.15, 0.2) is 62.5 Å². The second-order valence-corrected chi connectivity index (χ2v) is 7.35. The SMILES string of the molecule is COc1ccc(/C=C/C=N\NC(=O)c2cc3cc(Br)cc(I)c3o2)cc1. The normalized spacial score (nSPS) is 11.5. The molecule has 1 heterocycles. The molecule has 1 N–H and O–H groups in total. The summed E-state index contributed by atoms with van der Waals surface area (Å²) in [5, 5.41) is 4.76. The highest BCUT2D eigenvalue weighted by molar-refractivity contribution is 14.1. The number of rotatable bonds is 5. The molecule has 0 spiro atoms. The van der Waals surface area contributed by atoms with Gasteiger partial charge in [-0.3, -0.25) is 4.79 Å². The van der Waals surface area contributed by atoms with Gasteiger partial charge in [0.1, 0.15) is 11.3 Å². The number of halogens is 2. The maximum atomic E-state index is 12.1. The summed E-state index contributed by atoms with van der Waals surface area (Å²) in [4.78, 5) is 12.1. The number of allylic oxidation sites excluding steroid dienone is 1. The number of hydrogen-bond donors (Lipinski definition) is 1. The zero-order valence-electron chi connectivity index (χ0n) is 13.7. The van der Waals surface area contributed by atoms with E-state index in [9.17, 15) is 4.79 Å². The molecule has 132 valence electrons. The molecule has 0 saturated heterocycles. The Morgan fingerprint density at radius 2 is 2.04 bits per heavy atom. The minimum atomic E-state index is -0.401. The fraction of sp³-hybridized carbons (Fsp3) is 0.0526. The van der Waals surface area contributed by atoms with E-state index in [-0.39, 0.29) is 5.76 Å². The van der Waals surface area contributed by atoms with E-state index in [1.165, 1.54) is 6.21 Å². The number of hydrogen-bond acceptors (Lipinski definition) is 4. The maximum Gasteiger partial charge on any atom is 0.307 e. The number of carbonyl (C=O) groups excluding carboxylic acids is 1. The first-order valence-electron chi connectivity index (χ1n) is 7.59. The van der Waals surface area contributed by atoms with Gasteiger partial charge in [-0.05, 0) is 64.6 Å². The summed E-state index contributed by atoms with van der Waals surface area (Å²) in [6.45, 7) is 0. The van der Waals surface area contributed by atoms with Crippen LogP contribution in [0.3, 0.4) is 0 Å². The first kappa shape index (κ1) is 18.7. The van der Waals surface area contributed by atoms with Gasteiger partial charge in [0, 0.05) is 16.1 Å². The summed E-state index contributed by atoms with van der Waals surface area (Å²) in [5.41, 5.74) is 4.13. The Kier molecular flexibility index (Phi) is 6.10. The van der Waals surface area contributed by atoms with Gasteiger partial charge in [0.2, 0.25) is 0 Å². The van der Waals surface area contributed by atoms with Crippen molar-refractivity contribution < 1.29 is 13.9 Å². The predicted octanol–water partition coefficient (Wildman–Crippen LogP) is 5.24. The van der Waals surface area contributed by atoms with E-state index >= 15 is 0 Å². The van der Waals surface area contributed by atoms with Crippen LogP contribution in [0.2, 0.25) is 0 Å². The van der Waals surface area contributed by atoms with Crippen molar-refractivity contribution in [3.63, 3.8) is 0 Å². The van der Waals surface area contributed by atoms with Crippen molar-refractivity contribution >= 4 is 67.7 Å². The van der Waals surface area contributed by atoms with Gasteiger partial charge in [-0.25, -0.2) is 5.43 Å². The summed E-state index contributed by atoms with van der Waals surface area (Å²) < 4.78 is 12.6. The largest absolute Gasteiger partial charge is 0.497 e. The summed E-state index contributed by atoms with van der Waals surface area (Å²) in [6, 6.07) is 13.1. The van der Waals surface area contributed by atoms with E-state index in [1.54, 1.807) is 19.3 Å². The third-order valence-electron chi connectivity index (χ3n) is 3.49. The quantitative estimate of drug-likeness (QED) is 0.282. The number of ether oxygens (including phenoxy) is 1. The van der Waals surface area contributed by atoms with Gasteiger partial charge in [0.25, 0.3) is 0 Å². The fourth-order valence-electron chi connectivity index (χ4n) is 2.25. The van der Waals surface area contributed by atoms with Gasteiger partial charge in [-0.2, -0.15) is 5.10 Å². The molecule has 1 amide bonds. The van der Waals surface area contributed by atoms with Crippen LogP contribution in [0.25, 0.3) is 17.0 Å². The lowest BCUT2D eigenvalue weighted by molar-refractivity contribution is 0.0929. The number of nitrogens with zero attached hydrogens (tertiary/aromatic N) is 1. The van der Waals surface area contributed by atoms with Crippen molar-refractivity contribution in [1.29, 1.82) is 0 Å². The molecule has 0 fully saturated rings. The van der Waals surface area contributed by atoms with E-state index in [2.05, 4.69) is 49.0 Å². The smallest absolute Gasteiger partial charge is 0.307 e. The Morgan fingerprint density at radius 3 is 2.77 bits per heavy atom. The second kappa shape index (κ2) is 8.50. The first-order chi connectivity index (χ1) is 12.6. The van der Waals surface area contributed by atoms with Crippen LogP contribution in [0.1, 0.15) is 16.1 Å². The van der Waals surface area contributed by atoms with Crippen molar-refractivity contribution in [2.24, 2.45) is 5.10 Å². The summed E-state index contributed by atoms with van der Waals surface area (Å²) in [6.07, 6.45) is 5.11. The minimum absolute atomic E-state index is 0.215. The van der Waals surface area contributed by atoms with E-state index in [4.69, 9.17) is 9.15 Å². The average molecular weight is 525 g/mol. The number of amides is 1. The summed E-state index contributed by atoms with van der Waals surface area (Å²) in [7, 11) is 1.63. The molecule has 1 aromatic heterocycles. The summed E-state index contributed by atoms with van der Waals surface area (Å²) >= 11 is 5.60. The molecule has 0 saturated carbocycles. The number of furan rings is 1. The second-order valence-electron chi connectivity index (χ2n) is 5.27. The third-order valence-corrected chi connectivity index (χ3v) is 4.75. The molecule has 0 unspecified atom stereocenters. The Bertz CT molecular complexity index is 994. The highest BCUT2D eigenvalue weighted by atomic mass is 127. The van der Waals surface area contributed by atoms with Crippen LogP contribution in [0, 0.1) is 3.57 Å². The van der Waals surface area contributed by atoms with Gasteiger partial charge < -0.3 is 9.15 Å². The number of nitrogens with one attached hydrogen (secondary N) is 1. The number of benzene rings is 2. The van der Waals surface area contributed by atoms with Gasteiger partial charge in [-0.1, -0.05) is 34.1 Å². The molecule has 3 rings (SSSR count). The van der Waals surface area contributed by atoms with E-state index in [0.717, 1.165) is 24.7 Å².